The maximum absolute atomic E-state index is 13.9. The fraction of sp³-hybridized carbons (Fsp3) is 0.186. The summed E-state index contributed by atoms with van der Waals surface area (Å²) in [5, 5.41) is 34.8. The van der Waals surface area contributed by atoms with Crippen molar-refractivity contribution in [1.29, 1.82) is 5.41 Å². The van der Waals surface area contributed by atoms with Gasteiger partial charge in [-0.15, -0.1) is 0 Å². The zero-order valence-electron chi connectivity index (χ0n) is 30.3. The number of carboxylic acids is 2. The zero-order valence-corrected chi connectivity index (χ0v) is 30.3. The number of carbonyl (C=O) groups excluding carboxylic acids is 2. The molecule has 5 aromatic rings. The first-order valence-electron chi connectivity index (χ1n) is 17.3. The summed E-state index contributed by atoms with van der Waals surface area (Å²) < 4.78 is 0. The number of hydrogen-bond acceptors (Lipinski definition) is 6. The summed E-state index contributed by atoms with van der Waals surface area (Å²) in [6.07, 6.45) is 0.518. The Bertz CT molecular complexity index is 2360. The molecule has 2 unspecified atom stereocenters. The van der Waals surface area contributed by atoms with Crippen LogP contribution in [0.3, 0.4) is 0 Å². The van der Waals surface area contributed by atoms with Crippen LogP contribution < -0.4 is 22.1 Å². The van der Waals surface area contributed by atoms with Crippen molar-refractivity contribution in [2.75, 3.05) is 10.6 Å². The highest BCUT2D eigenvalue weighted by Crippen LogP contribution is 2.49. The minimum Gasteiger partial charge on any atom is -0.478 e. The Kier molecular flexibility index (Phi) is 9.60. The van der Waals surface area contributed by atoms with Crippen LogP contribution in [0.25, 0.3) is 11.1 Å². The van der Waals surface area contributed by atoms with Gasteiger partial charge >= 0.3 is 11.9 Å². The molecule has 1 aliphatic heterocycles. The number of primary amides is 1. The molecule has 1 heterocycles. The summed E-state index contributed by atoms with van der Waals surface area (Å²) in [7, 11) is 0. The molecule has 2 amide bonds. The molecular formula is C43H41N5O6. The Morgan fingerprint density at radius 2 is 1.48 bits per heavy atom. The Morgan fingerprint density at radius 1 is 0.796 bits per heavy atom. The summed E-state index contributed by atoms with van der Waals surface area (Å²) in [4.78, 5) is 50.5. The van der Waals surface area contributed by atoms with Gasteiger partial charge in [-0.2, -0.15) is 0 Å². The number of carboxylic acid groups (broad SMARTS) is 2. The van der Waals surface area contributed by atoms with Gasteiger partial charge in [0.1, 0.15) is 5.84 Å². The molecule has 0 spiro atoms. The standard InChI is InChI=1S/C43H41N5O6/c1-42(2,3)30-16-27(15-28(17-30)40(51)52)39(50)47-31-18-25(32-12-10-24(38(46)49)20-33(32)41(53)54)14-26(19-31)36-22-43(4,29-8-6-5-7-9-29)34-21-23(37(44)45)11-13-35(34)48-36/h5-21,36,48H,22H2,1-4H3,(H3,44,45)(H2,46,49)(H,47,50)(H,51,52)(H,53,54). The molecule has 0 saturated carbocycles. The van der Waals surface area contributed by atoms with Crippen LogP contribution >= 0.6 is 0 Å². The molecule has 5 aromatic carbocycles. The van der Waals surface area contributed by atoms with Crippen molar-refractivity contribution in [2.24, 2.45) is 11.5 Å². The lowest BCUT2D eigenvalue weighted by molar-refractivity contribution is 0.0686. The van der Waals surface area contributed by atoms with Crippen molar-refractivity contribution in [2.45, 2.75) is 51.0 Å². The van der Waals surface area contributed by atoms with Gasteiger partial charge in [0.25, 0.3) is 5.91 Å². The van der Waals surface area contributed by atoms with E-state index >= 15 is 0 Å². The second kappa shape index (κ2) is 14.0. The van der Waals surface area contributed by atoms with Crippen molar-refractivity contribution in [3.8, 4) is 11.1 Å². The number of nitrogens with two attached hydrogens (primary N) is 2. The fourth-order valence-electron chi connectivity index (χ4n) is 7.06. The number of anilines is 2. The van der Waals surface area contributed by atoms with Crippen LogP contribution in [0.4, 0.5) is 11.4 Å². The highest BCUT2D eigenvalue weighted by molar-refractivity contribution is 6.07. The Morgan fingerprint density at radius 3 is 2.11 bits per heavy atom. The van der Waals surface area contributed by atoms with Crippen LogP contribution in [0.1, 0.15) is 109 Å². The van der Waals surface area contributed by atoms with Gasteiger partial charge in [0.15, 0.2) is 0 Å². The van der Waals surface area contributed by atoms with Gasteiger partial charge < -0.3 is 32.3 Å². The normalized spacial score (nSPS) is 16.4. The molecule has 1 aliphatic rings. The van der Waals surface area contributed by atoms with E-state index in [4.69, 9.17) is 16.9 Å². The van der Waals surface area contributed by atoms with E-state index < -0.39 is 34.6 Å². The largest absolute Gasteiger partial charge is 0.478 e. The molecule has 11 nitrogen and oxygen atoms in total. The van der Waals surface area contributed by atoms with Crippen LogP contribution in [0.5, 0.6) is 0 Å². The Hall–Kier alpha value is -6.75. The molecule has 6 rings (SSSR count). The van der Waals surface area contributed by atoms with Crippen LogP contribution in [-0.4, -0.2) is 39.8 Å². The van der Waals surface area contributed by atoms with Gasteiger partial charge in [-0.05, 0) is 112 Å². The number of carbonyl (C=O) groups is 4. The van der Waals surface area contributed by atoms with Crippen LogP contribution in [-0.2, 0) is 10.8 Å². The molecular weight excluding hydrogens is 683 g/mol. The number of amides is 2. The molecule has 11 heteroatoms. The number of nitrogens with one attached hydrogen (secondary N) is 3. The van der Waals surface area contributed by atoms with E-state index in [9.17, 15) is 29.4 Å². The third-order valence-electron chi connectivity index (χ3n) is 10.0. The van der Waals surface area contributed by atoms with Crippen molar-refractivity contribution < 1.29 is 29.4 Å². The number of hydrogen-bond donors (Lipinski definition) is 7. The van der Waals surface area contributed by atoms with Gasteiger partial charge in [0.2, 0.25) is 5.91 Å². The number of rotatable bonds is 9. The average Bonchev–Trinajstić information content (AvgIpc) is 3.13. The van der Waals surface area contributed by atoms with E-state index in [0.717, 1.165) is 22.4 Å². The van der Waals surface area contributed by atoms with Crippen molar-refractivity contribution >= 4 is 41.0 Å². The first kappa shape index (κ1) is 37.0. The minimum atomic E-state index is -1.27. The van der Waals surface area contributed by atoms with Crippen LogP contribution in [0.2, 0.25) is 0 Å². The van der Waals surface area contributed by atoms with Gasteiger partial charge in [-0.1, -0.05) is 64.1 Å². The second-order valence-electron chi connectivity index (χ2n) is 14.9. The molecule has 9 N–H and O–H groups in total. The van der Waals surface area contributed by atoms with Crippen LogP contribution in [0, 0.1) is 5.41 Å². The zero-order chi connectivity index (χ0) is 39.1. The third-order valence-corrected chi connectivity index (χ3v) is 10.0. The number of nitrogen functional groups attached to an aromatic ring is 1. The topological polar surface area (TPSA) is 209 Å². The van der Waals surface area contributed by atoms with E-state index in [1.807, 2.05) is 75.4 Å². The summed E-state index contributed by atoms with van der Waals surface area (Å²) in [5.74, 6) is -3.82. The van der Waals surface area contributed by atoms with Crippen molar-refractivity contribution in [3.05, 3.63) is 153 Å². The minimum absolute atomic E-state index is 0.0270. The lowest BCUT2D eigenvalue weighted by Gasteiger charge is -2.42. The van der Waals surface area contributed by atoms with E-state index in [1.165, 1.54) is 24.3 Å². The van der Waals surface area contributed by atoms with Crippen LogP contribution in [0.15, 0.2) is 103 Å². The van der Waals surface area contributed by atoms with E-state index in [0.29, 0.717) is 34.4 Å². The predicted octanol–water partition coefficient (Wildman–Crippen LogP) is 7.55. The quantitative estimate of drug-likeness (QED) is 0.0595. The molecule has 2 atom stereocenters. The first-order valence-corrected chi connectivity index (χ1v) is 17.3. The number of amidine groups is 1. The van der Waals surface area contributed by atoms with Crippen molar-refractivity contribution in [1.82, 2.24) is 0 Å². The summed E-state index contributed by atoms with van der Waals surface area (Å²) in [6.45, 7) is 7.90. The second-order valence-corrected chi connectivity index (χ2v) is 14.9. The van der Waals surface area contributed by atoms with E-state index in [1.54, 1.807) is 24.3 Å². The highest BCUT2D eigenvalue weighted by atomic mass is 16.4. The van der Waals surface area contributed by atoms with Gasteiger partial charge in [-0.3, -0.25) is 15.0 Å². The lowest BCUT2D eigenvalue weighted by Crippen LogP contribution is -2.35. The maximum atomic E-state index is 13.9. The van der Waals surface area contributed by atoms with Gasteiger partial charge in [-0.25, -0.2) is 9.59 Å². The number of benzene rings is 5. The molecule has 54 heavy (non-hydrogen) atoms. The molecule has 0 aliphatic carbocycles. The lowest BCUT2D eigenvalue weighted by atomic mass is 9.68. The van der Waals surface area contributed by atoms with Gasteiger partial charge in [0, 0.05) is 33.5 Å². The molecule has 0 aromatic heterocycles. The average molecular weight is 724 g/mol. The summed E-state index contributed by atoms with van der Waals surface area (Å²) in [6, 6.07) is 29.2. The molecule has 0 fully saturated rings. The third kappa shape index (κ3) is 7.29. The first-order chi connectivity index (χ1) is 25.4. The summed E-state index contributed by atoms with van der Waals surface area (Å²) >= 11 is 0. The predicted molar refractivity (Wildman–Crippen MR) is 209 cm³/mol. The highest BCUT2D eigenvalue weighted by Gasteiger charge is 2.39. The van der Waals surface area contributed by atoms with E-state index in [-0.39, 0.29) is 34.1 Å². The van der Waals surface area contributed by atoms with Crippen molar-refractivity contribution in [3.63, 3.8) is 0 Å². The molecule has 274 valence electrons. The molecule has 0 saturated heterocycles. The molecule has 0 bridgehead atoms. The van der Waals surface area contributed by atoms with Gasteiger partial charge in [0.05, 0.1) is 17.2 Å². The SMILES string of the molecule is CC(C)(C)c1cc(C(=O)O)cc(C(=O)Nc2cc(-c3ccc(C(N)=O)cc3C(=O)O)cc(C3CC(C)(c4ccccc4)c4cc(C(=N)N)ccc4N3)c2)c1. The monoisotopic (exact) mass is 723 g/mol. The number of fused-ring (bicyclic) bond motifs is 1. The Labute approximate surface area is 312 Å². The fourth-order valence-corrected chi connectivity index (χ4v) is 7.06. The smallest absolute Gasteiger partial charge is 0.336 e. The number of aromatic carboxylic acids is 2. The van der Waals surface area contributed by atoms with E-state index in [2.05, 4.69) is 17.6 Å². The maximum Gasteiger partial charge on any atom is 0.336 e. The Balaban J connectivity index is 1.52. The molecule has 0 radical (unpaired) electrons. The summed E-state index contributed by atoms with van der Waals surface area (Å²) in [5.41, 5.74) is 16.2.